The maximum atomic E-state index is 13.0. The fourth-order valence-corrected chi connectivity index (χ4v) is 4.78. The Labute approximate surface area is 201 Å². The van der Waals surface area contributed by atoms with Gasteiger partial charge in [-0.3, -0.25) is 9.59 Å². The number of rotatable bonds is 6. The summed E-state index contributed by atoms with van der Waals surface area (Å²) in [4.78, 5) is 32.1. The lowest BCUT2D eigenvalue weighted by atomic mass is 10.1. The Hall–Kier alpha value is -3.91. The maximum Gasteiger partial charge on any atom is 0.258 e. The van der Waals surface area contributed by atoms with Gasteiger partial charge in [0.1, 0.15) is 10.8 Å². The van der Waals surface area contributed by atoms with Gasteiger partial charge in [0.25, 0.3) is 11.8 Å². The van der Waals surface area contributed by atoms with Crippen LogP contribution in [0.4, 0.5) is 11.4 Å². The number of anilines is 2. The number of aryl methyl sites for hydroxylation is 1. The lowest BCUT2D eigenvalue weighted by Crippen LogP contribution is -2.28. The van der Waals surface area contributed by atoms with E-state index in [0.717, 1.165) is 23.6 Å². The van der Waals surface area contributed by atoms with Gasteiger partial charge in [0.2, 0.25) is 0 Å². The van der Waals surface area contributed by atoms with E-state index in [4.69, 9.17) is 4.52 Å². The number of hydrogen-bond donors (Lipinski definition) is 1. The van der Waals surface area contributed by atoms with Crippen LogP contribution in [0.5, 0.6) is 0 Å². The highest BCUT2D eigenvalue weighted by Gasteiger charge is 2.25. The molecule has 0 unspecified atom stereocenters. The van der Waals surface area contributed by atoms with Crippen LogP contribution in [0, 0.1) is 6.92 Å². The van der Waals surface area contributed by atoms with Gasteiger partial charge in [-0.25, -0.2) is 4.98 Å². The zero-order valence-electron chi connectivity index (χ0n) is 18.5. The molecule has 2 amide bonds. The van der Waals surface area contributed by atoms with Crippen LogP contribution in [0.3, 0.4) is 0 Å². The van der Waals surface area contributed by atoms with Gasteiger partial charge in [-0.1, -0.05) is 35.1 Å². The first-order chi connectivity index (χ1) is 16.6. The molecule has 170 valence electrons. The van der Waals surface area contributed by atoms with Crippen molar-refractivity contribution in [2.24, 2.45) is 0 Å². The molecule has 0 aliphatic carbocycles. The summed E-state index contributed by atoms with van der Waals surface area (Å²) in [5.41, 5.74) is 4.60. The average molecular weight is 471 g/mol. The summed E-state index contributed by atoms with van der Waals surface area (Å²) >= 11 is 1.42. The summed E-state index contributed by atoms with van der Waals surface area (Å²) in [6.45, 7) is 2.51. The second kappa shape index (κ2) is 9.52. The summed E-state index contributed by atoms with van der Waals surface area (Å²) in [5, 5.41) is 7.49. The molecule has 34 heavy (non-hydrogen) atoms. The van der Waals surface area contributed by atoms with E-state index in [0.29, 0.717) is 34.1 Å². The predicted molar refractivity (Wildman–Crippen MR) is 131 cm³/mol. The zero-order valence-corrected chi connectivity index (χ0v) is 19.3. The molecule has 0 bridgehead atoms. The number of carbonyl (C=O) groups is 2. The minimum absolute atomic E-state index is 0.0446. The summed E-state index contributed by atoms with van der Waals surface area (Å²) in [6, 6.07) is 20.3. The third kappa shape index (κ3) is 4.58. The minimum Gasteiger partial charge on any atom is -0.361 e. The number of nitrogens with one attached hydrogen (secondary N) is 1. The minimum atomic E-state index is -0.264. The maximum absolute atomic E-state index is 13.0. The van der Waals surface area contributed by atoms with Crippen molar-refractivity contribution in [3.8, 4) is 0 Å². The van der Waals surface area contributed by atoms with Crippen molar-refractivity contribution in [2.75, 3.05) is 16.8 Å². The molecule has 5 rings (SSSR count). The van der Waals surface area contributed by atoms with Gasteiger partial charge in [0, 0.05) is 41.5 Å². The molecule has 0 saturated heterocycles. The molecule has 0 fully saturated rings. The largest absolute Gasteiger partial charge is 0.361 e. The number of benzene rings is 2. The molecule has 3 heterocycles. The van der Waals surface area contributed by atoms with Gasteiger partial charge < -0.3 is 14.7 Å². The monoisotopic (exact) mass is 470 g/mol. The van der Waals surface area contributed by atoms with E-state index in [2.05, 4.69) is 21.5 Å². The third-order valence-corrected chi connectivity index (χ3v) is 6.61. The van der Waals surface area contributed by atoms with E-state index in [1.807, 2.05) is 31.2 Å². The zero-order chi connectivity index (χ0) is 23.5. The number of amides is 2. The van der Waals surface area contributed by atoms with Crippen molar-refractivity contribution >= 4 is 35.0 Å². The fraction of sp³-hybridized carbons (Fsp3) is 0.154. The van der Waals surface area contributed by atoms with Crippen molar-refractivity contribution in [1.29, 1.82) is 0 Å². The molecule has 0 atom stereocenters. The Kier molecular flexibility index (Phi) is 6.14. The molecular formula is C26H22N4O3S. The molecule has 2 aromatic heterocycles. The lowest BCUT2D eigenvalue weighted by molar-refractivity contribution is 0.0988. The molecule has 4 aromatic rings. The van der Waals surface area contributed by atoms with Crippen molar-refractivity contribution in [1.82, 2.24) is 10.1 Å². The number of aromatic nitrogens is 2. The SMILES string of the molecule is Cc1cc(CSc2ncccc2C(=O)Nc2ccc(C(=O)N3CCc4ccccc43)cc2)no1. The highest BCUT2D eigenvalue weighted by molar-refractivity contribution is 7.98. The smallest absolute Gasteiger partial charge is 0.258 e. The highest BCUT2D eigenvalue weighted by atomic mass is 32.2. The predicted octanol–water partition coefficient (Wildman–Crippen LogP) is 5.13. The molecule has 1 N–H and O–H groups in total. The van der Waals surface area contributed by atoms with Crippen LogP contribution in [0.15, 0.2) is 82.5 Å². The lowest BCUT2D eigenvalue weighted by Gasteiger charge is -2.17. The Morgan fingerprint density at radius 2 is 1.91 bits per heavy atom. The molecule has 1 aliphatic rings. The van der Waals surface area contributed by atoms with Crippen molar-refractivity contribution in [2.45, 2.75) is 24.1 Å². The molecule has 1 aliphatic heterocycles. The van der Waals surface area contributed by atoms with Gasteiger partial charge >= 0.3 is 0 Å². The van der Waals surface area contributed by atoms with Crippen molar-refractivity contribution in [3.63, 3.8) is 0 Å². The normalized spacial score (nSPS) is 12.4. The van der Waals surface area contributed by atoms with Crippen LogP contribution in [-0.4, -0.2) is 28.5 Å². The first-order valence-electron chi connectivity index (χ1n) is 10.9. The first-order valence-corrected chi connectivity index (χ1v) is 11.9. The van der Waals surface area contributed by atoms with Gasteiger partial charge in [-0.05, 0) is 61.4 Å². The van der Waals surface area contributed by atoms with Crippen molar-refractivity contribution < 1.29 is 14.1 Å². The summed E-state index contributed by atoms with van der Waals surface area (Å²) in [5.74, 6) is 0.979. The Morgan fingerprint density at radius 1 is 1.09 bits per heavy atom. The number of pyridine rings is 1. The number of thioether (sulfide) groups is 1. The Bertz CT molecular complexity index is 1350. The van der Waals surface area contributed by atoms with Crippen LogP contribution in [0.25, 0.3) is 0 Å². The van der Waals surface area contributed by atoms with Gasteiger partial charge in [0.15, 0.2) is 0 Å². The standard InChI is InChI=1S/C26H22N4O3S/c1-17-15-21(29-33-17)16-34-25-22(6-4-13-27-25)24(31)28-20-10-8-19(9-11-20)26(32)30-14-12-18-5-2-3-7-23(18)30/h2-11,13,15H,12,14,16H2,1H3,(H,28,31). The second-order valence-electron chi connectivity index (χ2n) is 7.94. The van der Waals surface area contributed by atoms with Crippen LogP contribution >= 0.6 is 11.8 Å². The van der Waals surface area contributed by atoms with Gasteiger partial charge in [-0.15, -0.1) is 0 Å². The Morgan fingerprint density at radius 3 is 2.71 bits per heavy atom. The van der Waals surface area contributed by atoms with Crippen LogP contribution in [-0.2, 0) is 12.2 Å². The van der Waals surface area contributed by atoms with Crippen LogP contribution in [0.2, 0.25) is 0 Å². The van der Waals surface area contributed by atoms with E-state index in [9.17, 15) is 9.59 Å². The number of nitrogens with zero attached hydrogens (tertiary/aromatic N) is 3. The van der Waals surface area contributed by atoms with E-state index < -0.39 is 0 Å². The second-order valence-corrected chi connectivity index (χ2v) is 8.90. The molecule has 0 spiro atoms. The van der Waals surface area contributed by atoms with Gasteiger partial charge in [-0.2, -0.15) is 0 Å². The summed E-state index contributed by atoms with van der Waals surface area (Å²) in [7, 11) is 0. The van der Waals surface area contributed by atoms with Crippen LogP contribution < -0.4 is 10.2 Å². The van der Waals surface area contributed by atoms with E-state index in [-0.39, 0.29) is 11.8 Å². The van der Waals surface area contributed by atoms with Crippen molar-refractivity contribution in [3.05, 3.63) is 101 Å². The molecule has 0 radical (unpaired) electrons. The number of hydrogen-bond acceptors (Lipinski definition) is 6. The van der Waals surface area contributed by atoms with E-state index >= 15 is 0 Å². The van der Waals surface area contributed by atoms with E-state index in [1.54, 1.807) is 47.5 Å². The molecule has 7 nitrogen and oxygen atoms in total. The van der Waals surface area contributed by atoms with Crippen LogP contribution in [0.1, 0.15) is 37.7 Å². The molecular weight excluding hydrogens is 448 g/mol. The average Bonchev–Trinajstić information content (AvgIpc) is 3.49. The van der Waals surface area contributed by atoms with Gasteiger partial charge in [0.05, 0.1) is 11.3 Å². The number of fused-ring (bicyclic) bond motifs is 1. The summed E-state index contributed by atoms with van der Waals surface area (Å²) in [6.07, 6.45) is 2.52. The summed E-state index contributed by atoms with van der Waals surface area (Å²) < 4.78 is 5.10. The van der Waals surface area contributed by atoms with E-state index in [1.165, 1.54) is 17.3 Å². The highest BCUT2D eigenvalue weighted by Crippen LogP contribution is 2.29. The molecule has 2 aromatic carbocycles. The number of para-hydroxylation sites is 1. The third-order valence-electron chi connectivity index (χ3n) is 5.57. The first kappa shape index (κ1) is 21.9. The molecule has 0 saturated carbocycles. The quantitative estimate of drug-likeness (QED) is 0.393. The molecule has 8 heteroatoms. The topological polar surface area (TPSA) is 88.3 Å². The number of carbonyl (C=O) groups excluding carboxylic acids is 2. The Balaban J connectivity index is 1.26. The fourth-order valence-electron chi connectivity index (χ4n) is 3.91.